The normalized spacial score (nSPS) is 19.2. The molecule has 1 aliphatic heterocycles. The van der Waals surface area contributed by atoms with Crippen LogP contribution in [0, 0.1) is 0 Å². The first kappa shape index (κ1) is 17.0. The number of benzene rings is 1. The number of nitrogens with one attached hydrogen (secondary N) is 2. The fourth-order valence-corrected chi connectivity index (χ4v) is 2.43. The zero-order valence-electron chi connectivity index (χ0n) is 13.6. The molecule has 0 aliphatic carbocycles. The Morgan fingerprint density at radius 3 is 2.61 bits per heavy atom. The summed E-state index contributed by atoms with van der Waals surface area (Å²) in [5.74, 6) is -0.219. The number of amides is 3. The lowest BCUT2D eigenvalue weighted by Crippen LogP contribution is -2.54. The maximum absolute atomic E-state index is 12.2. The number of carbonyl (C=O) groups is 3. The number of rotatable bonds is 5. The van der Waals surface area contributed by atoms with Gasteiger partial charge in [0.2, 0.25) is 11.8 Å². The van der Waals surface area contributed by atoms with Crippen molar-refractivity contribution in [2.24, 2.45) is 0 Å². The molecule has 0 aromatic heterocycles. The first-order valence-corrected chi connectivity index (χ1v) is 7.78. The average Bonchev–Trinajstić information content (AvgIpc) is 2.50. The van der Waals surface area contributed by atoms with Gasteiger partial charge in [-0.25, -0.2) is 0 Å². The van der Waals surface area contributed by atoms with Crippen LogP contribution < -0.4 is 15.4 Å². The summed E-state index contributed by atoms with van der Waals surface area (Å²) in [5.41, 5.74) is 1.02. The molecule has 6 heteroatoms. The predicted octanol–water partition coefficient (Wildman–Crippen LogP) is 1.50. The number of hydrogen-bond acceptors (Lipinski definition) is 4. The summed E-state index contributed by atoms with van der Waals surface area (Å²) in [5, 5.41) is 4.84. The monoisotopic (exact) mass is 318 g/mol. The van der Waals surface area contributed by atoms with Crippen molar-refractivity contribution in [2.45, 2.75) is 51.7 Å². The predicted molar refractivity (Wildman–Crippen MR) is 84.9 cm³/mol. The van der Waals surface area contributed by atoms with Crippen LogP contribution >= 0.6 is 0 Å². The Labute approximate surface area is 135 Å². The van der Waals surface area contributed by atoms with Crippen molar-refractivity contribution in [3.8, 4) is 5.75 Å². The van der Waals surface area contributed by atoms with E-state index >= 15 is 0 Å². The minimum Gasteiger partial charge on any atom is -0.481 e. The third-order valence-electron chi connectivity index (χ3n) is 3.77. The summed E-state index contributed by atoms with van der Waals surface area (Å²) < 4.78 is 5.76. The molecule has 1 aromatic rings. The number of piperidine rings is 1. The summed E-state index contributed by atoms with van der Waals surface area (Å²) in [4.78, 5) is 35.0. The van der Waals surface area contributed by atoms with Crippen molar-refractivity contribution in [1.82, 2.24) is 10.6 Å². The van der Waals surface area contributed by atoms with Crippen LogP contribution in [-0.2, 0) is 14.4 Å². The van der Waals surface area contributed by atoms with Crippen LogP contribution in [0.5, 0.6) is 5.75 Å². The quantitative estimate of drug-likeness (QED) is 0.806. The molecule has 2 atom stereocenters. The van der Waals surface area contributed by atoms with E-state index in [2.05, 4.69) is 24.5 Å². The molecule has 0 bridgehead atoms. The largest absolute Gasteiger partial charge is 0.481 e. The summed E-state index contributed by atoms with van der Waals surface area (Å²) >= 11 is 0. The molecular weight excluding hydrogens is 296 g/mol. The van der Waals surface area contributed by atoms with E-state index in [0.29, 0.717) is 12.2 Å². The Morgan fingerprint density at radius 1 is 1.26 bits per heavy atom. The van der Waals surface area contributed by atoms with E-state index in [0.717, 1.165) is 5.56 Å². The molecule has 2 rings (SSSR count). The highest BCUT2D eigenvalue weighted by Gasteiger charge is 2.29. The molecule has 1 fully saturated rings. The highest BCUT2D eigenvalue weighted by Crippen LogP contribution is 2.26. The fourth-order valence-electron chi connectivity index (χ4n) is 2.43. The second-order valence-corrected chi connectivity index (χ2v) is 5.96. The minimum absolute atomic E-state index is 0.224. The van der Waals surface area contributed by atoms with Crippen LogP contribution in [0.15, 0.2) is 24.3 Å². The van der Waals surface area contributed by atoms with Crippen molar-refractivity contribution in [3.05, 3.63) is 29.8 Å². The van der Waals surface area contributed by atoms with Crippen LogP contribution in [0.2, 0.25) is 0 Å². The van der Waals surface area contributed by atoms with Gasteiger partial charge in [-0.15, -0.1) is 0 Å². The van der Waals surface area contributed by atoms with Crippen LogP contribution in [0.3, 0.4) is 0 Å². The summed E-state index contributed by atoms with van der Waals surface area (Å²) in [6.07, 6.45) is -0.200. The Bertz CT molecular complexity index is 612. The number of hydrogen-bond donors (Lipinski definition) is 2. The second kappa shape index (κ2) is 7.26. The molecule has 23 heavy (non-hydrogen) atoms. The van der Waals surface area contributed by atoms with Crippen molar-refractivity contribution >= 4 is 17.7 Å². The number of imide groups is 1. The van der Waals surface area contributed by atoms with E-state index in [4.69, 9.17) is 4.74 Å². The molecule has 2 N–H and O–H groups in total. The Hall–Kier alpha value is -2.37. The maximum Gasteiger partial charge on any atom is 0.261 e. The molecule has 3 amide bonds. The average molecular weight is 318 g/mol. The van der Waals surface area contributed by atoms with Crippen molar-refractivity contribution in [2.75, 3.05) is 0 Å². The first-order valence-electron chi connectivity index (χ1n) is 7.78. The van der Waals surface area contributed by atoms with Gasteiger partial charge in [0.05, 0.1) is 0 Å². The van der Waals surface area contributed by atoms with Crippen LogP contribution in [0.1, 0.15) is 45.1 Å². The fraction of sp³-hybridized carbons (Fsp3) is 0.471. The van der Waals surface area contributed by atoms with Gasteiger partial charge in [0.25, 0.3) is 5.91 Å². The van der Waals surface area contributed by atoms with Gasteiger partial charge in [-0.1, -0.05) is 32.0 Å². The second-order valence-electron chi connectivity index (χ2n) is 5.96. The molecule has 0 spiro atoms. The molecule has 1 heterocycles. The highest BCUT2D eigenvalue weighted by atomic mass is 16.5. The van der Waals surface area contributed by atoms with Gasteiger partial charge >= 0.3 is 0 Å². The number of para-hydroxylation sites is 1. The topological polar surface area (TPSA) is 84.5 Å². The van der Waals surface area contributed by atoms with Crippen LogP contribution in [-0.4, -0.2) is 29.9 Å². The van der Waals surface area contributed by atoms with Gasteiger partial charge in [-0.2, -0.15) is 0 Å². The van der Waals surface area contributed by atoms with E-state index in [-0.39, 0.29) is 24.2 Å². The molecule has 124 valence electrons. The standard InChI is InChI=1S/C17H22N2O4/c1-10(2)12-6-4-5-7-14(12)23-11(3)16(21)18-13-8-9-15(20)19-17(13)22/h4-7,10-11,13H,8-9H2,1-3H3,(H,18,21)(H,19,20,22). The Kier molecular flexibility index (Phi) is 5.36. The summed E-state index contributed by atoms with van der Waals surface area (Å²) in [7, 11) is 0. The zero-order valence-corrected chi connectivity index (χ0v) is 13.6. The van der Waals surface area contributed by atoms with Gasteiger partial charge in [0.15, 0.2) is 6.10 Å². The Morgan fingerprint density at radius 2 is 1.96 bits per heavy atom. The van der Waals surface area contributed by atoms with E-state index in [1.54, 1.807) is 6.92 Å². The molecular formula is C17H22N2O4. The van der Waals surface area contributed by atoms with E-state index in [9.17, 15) is 14.4 Å². The third-order valence-corrected chi connectivity index (χ3v) is 3.77. The molecule has 0 radical (unpaired) electrons. The molecule has 1 saturated heterocycles. The van der Waals surface area contributed by atoms with Gasteiger partial charge < -0.3 is 10.1 Å². The van der Waals surface area contributed by atoms with E-state index in [1.807, 2.05) is 24.3 Å². The molecule has 6 nitrogen and oxygen atoms in total. The zero-order chi connectivity index (χ0) is 17.0. The van der Waals surface area contributed by atoms with E-state index in [1.165, 1.54) is 0 Å². The summed E-state index contributed by atoms with van der Waals surface area (Å²) in [6.45, 7) is 5.74. The van der Waals surface area contributed by atoms with Crippen molar-refractivity contribution in [3.63, 3.8) is 0 Å². The van der Waals surface area contributed by atoms with E-state index < -0.39 is 18.1 Å². The lowest BCUT2D eigenvalue weighted by molar-refractivity contribution is -0.138. The molecule has 1 aliphatic rings. The third kappa shape index (κ3) is 4.31. The lowest BCUT2D eigenvalue weighted by Gasteiger charge is -2.24. The van der Waals surface area contributed by atoms with Crippen LogP contribution in [0.4, 0.5) is 0 Å². The summed E-state index contributed by atoms with van der Waals surface area (Å²) in [6, 6.07) is 6.88. The smallest absolute Gasteiger partial charge is 0.261 e. The molecule has 1 aromatic carbocycles. The highest BCUT2D eigenvalue weighted by molar-refractivity contribution is 6.01. The minimum atomic E-state index is -0.736. The van der Waals surface area contributed by atoms with Crippen molar-refractivity contribution < 1.29 is 19.1 Å². The maximum atomic E-state index is 12.2. The van der Waals surface area contributed by atoms with Gasteiger partial charge in [0, 0.05) is 6.42 Å². The molecule has 2 unspecified atom stereocenters. The van der Waals surface area contributed by atoms with Crippen LogP contribution in [0.25, 0.3) is 0 Å². The van der Waals surface area contributed by atoms with Crippen molar-refractivity contribution in [1.29, 1.82) is 0 Å². The lowest BCUT2D eigenvalue weighted by atomic mass is 10.0. The van der Waals surface area contributed by atoms with Gasteiger partial charge in [0.1, 0.15) is 11.8 Å². The number of carbonyl (C=O) groups excluding carboxylic acids is 3. The SMILES string of the molecule is CC(Oc1ccccc1C(C)C)C(=O)NC1CCC(=O)NC1=O. The van der Waals surface area contributed by atoms with Gasteiger partial charge in [-0.3, -0.25) is 19.7 Å². The Balaban J connectivity index is 1.98. The molecule has 0 saturated carbocycles. The van der Waals surface area contributed by atoms with Gasteiger partial charge in [-0.05, 0) is 30.9 Å². The first-order chi connectivity index (χ1) is 10.9. The number of ether oxygens (including phenoxy) is 1.